The molecule has 1 aliphatic rings. The van der Waals surface area contributed by atoms with E-state index in [-0.39, 0.29) is 11.9 Å². The van der Waals surface area contributed by atoms with Crippen molar-refractivity contribution in [1.29, 1.82) is 0 Å². The van der Waals surface area contributed by atoms with Crippen LogP contribution in [0, 0.1) is 6.92 Å². The Hall–Kier alpha value is -2.21. The molecular formula is C16H20N4O2. The van der Waals surface area contributed by atoms with Crippen molar-refractivity contribution in [2.24, 2.45) is 0 Å². The molecule has 0 aromatic carbocycles. The van der Waals surface area contributed by atoms with Gasteiger partial charge in [-0.2, -0.15) is 0 Å². The lowest BCUT2D eigenvalue weighted by Crippen LogP contribution is -2.44. The Morgan fingerprint density at radius 3 is 3.14 bits per heavy atom. The molecule has 116 valence electrons. The molecule has 2 aromatic heterocycles. The lowest BCUT2D eigenvalue weighted by atomic mass is 10.1. The van der Waals surface area contributed by atoms with Gasteiger partial charge in [0.25, 0.3) is 0 Å². The van der Waals surface area contributed by atoms with Crippen LogP contribution in [0.25, 0.3) is 0 Å². The molecular weight excluding hydrogens is 280 g/mol. The van der Waals surface area contributed by atoms with Crippen molar-refractivity contribution in [2.75, 3.05) is 19.8 Å². The number of nitrogens with zero attached hydrogens (tertiary/aromatic N) is 3. The van der Waals surface area contributed by atoms with Crippen LogP contribution in [0.4, 0.5) is 0 Å². The van der Waals surface area contributed by atoms with Crippen LogP contribution in [0.3, 0.4) is 0 Å². The molecule has 0 unspecified atom stereocenters. The quantitative estimate of drug-likeness (QED) is 0.932. The molecule has 0 radical (unpaired) electrons. The number of hydrogen-bond donors (Lipinski definition) is 1. The first-order valence-corrected chi connectivity index (χ1v) is 7.51. The first kappa shape index (κ1) is 14.7. The van der Waals surface area contributed by atoms with E-state index in [1.807, 2.05) is 24.0 Å². The number of ether oxygens (including phenoxy) is 1. The van der Waals surface area contributed by atoms with Crippen molar-refractivity contribution < 1.29 is 9.53 Å². The molecule has 1 aliphatic heterocycles. The van der Waals surface area contributed by atoms with E-state index >= 15 is 0 Å². The SMILES string of the molecule is Cc1cnc([C@@H]2COCCN2C(=O)CCc2cccnc2)[nH]1. The van der Waals surface area contributed by atoms with Gasteiger partial charge in [0, 0.05) is 37.3 Å². The topological polar surface area (TPSA) is 71.1 Å². The number of rotatable bonds is 4. The summed E-state index contributed by atoms with van der Waals surface area (Å²) < 4.78 is 5.53. The maximum atomic E-state index is 12.6. The maximum absolute atomic E-state index is 12.6. The van der Waals surface area contributed by atoms with Crippen LogP contribution in [0.15, 0.2) is 30.7 Å². The molecule has 0 saturated carbocycles. The van der Waals surface area contributed by atoms with Gasteiger partial charge in [-0.25, -0.2) is 4.98 Å². The fraction of sp³-hybridized carbons (Fsp3) is 0.438. The lowest BCUT2D eigenvalue weighted by Gasteiger charge is -2.34. The zero-order valence-electron chi connectivity index (χ0n) is 12.7. The summed E-state index contributed by atoms with van der Waals surface area (Å²) in [7, 11) is 0. The number of aromatic nitrogens is 3. The third-order valence-corrected chi connectivity index (χ3v) is 3.84. The molecule has 1 atom stereocenters. The zero-order chi connectivity index (χ0) is 15.4. The van der Waals surface area contributed by atoms with Crippen molar-refractivity contribution in [3.8, 4) is 0 Å². The molecule has 1 saturated heterocycles. The number of H-pyrrole nitrogens is 1. The molecule has 2 aromatic rings. The van der Waals surface area contributed by atoms with Gasteiger partial charge in [-0.1, -0.05) is 6.07 Å². The van der Waals surface area contributed by atoms with Crippen LogP contribution in [0.1, 0.15) is 29.5 Å². The van der Waals surface area contributed by atoms with Gasteiger partial charge >= 0.3 is 0 Å². The summed E-state index contributed by atoms with van der Waals surface area (Å²) in [6.45, 7) is 3.63. The largest absolute Gasteiger partial charge is 0.377 e. The average molecular weight is 300 g/mol. The Labute approximate surface area is 129 Å². The number of carbonyl (C=O) groups excluding carboxylic acids is 1. The number of nitrogens with one attached hydrogen (secondary N) is 1. The number of hydrogen-bond acceptors (Lipinski definition) is 4. The number of aromatic amines is 1. The van der Waals surface area contributed by atoms with Crippen molar-refractivity contribution in [1.82, 2.24) is 19.9 Å². The van der Waals surface area contributed by atoms with Crippen molar-refractivity contribution in [3.63, 3.8) is 0 Å². The predicted molar refractivity (Wildman–Crippen MR) is 81.2 cm³/mol. The summed E-state index contributed by atoms with van der Waals surface area (Å²) in [6.07, 6.45) is 6.50. The highest BCUT2D eigenvalue weighted by molar-refractivity contribution is 5.77. The Kier molecular flexibility index (Phi) is 4.48. The number of aryl methyl sites for hydroxylation is 2. The fourth-order valence-electron chi connectivity index (χ4n) is 2.67. The summed E-state index contributed by atoms with van der Waals surface area (Å²) in [4.78, 5) is 26.1. The number of morpholine rings is 1. The molecule has 6 nitrogen and oxygen atoms in total. The second-order valence-electron chi connectivity index (χ2n) is 5.49. The molecule has 0 spiro atoms. The van der Waals surface area contributed by atoms with E-state index in [2.05, 4.69) is 15.0 Å². The normalized spacial score (nSPS) is 18.4. The van der Waals surface area contributed by atoms with Gasteiger partial charge in [0.15, 0.2) is 0 Å². The van der Waals surface area contributed by atoms with E-state index in [1.54, 1.807) is 18.6 Å². The van der Waals surface area contributed by atoms with Crippen LogP contribution in [-0.4, -0.2) is 45.5 Å². The van der Waals surface area contributed by atoms with Gasteiger partial charge in [-0.3, -0.25) is 9.78 Å². The first-order valence-electron chi connectivity index (χ1n) is 7.51. The predicted octanol–water partition coefficient (Wildman–Crippen LogP) is 1.65. The van der Waals surface area contributed by atoms with Gasteiger partial charge in [0.05, 0.1) is 13.2 Å². The van der Waals surface area contributed by atoms with Crippen LogP contribution in [0.5, 0.6) is 0 Å². The second-order valence-corrected chi connectivity index (χ2v) is 5.49. The summed E-state index contributed by atoms with van der Waals surface area (Å²) in [5.74, 6) is 0.929. The van der Waals surface area contributed by atoms with E-state index in [1.165, 1.54) is 0 Å². The highest BCUT2D eigenvalue weighted by Crippen LogP contribution is 2.23. The molecule has 1 N–H and O–H groups in total. The van der Waals surface area contributed by atoms with Crippen molar-refractivity contribution in [2.45, 2.75) is 25.8 Å². The smallest absolute Gasteiger partial charge is 0.223 e. The van der Waals surface area contributed by atoms with Gasteiger partial charge in [0.1, 0.15) is 11.9 Å². The van der Waals surface area contributed by atoms with Gasteiger partial charge in [-0.15, -0.1) is 0 Å². The van der Waals surface area contributed by atoms with Gasteiger partial charge in [-0.05, 0) is 25.0 Å². The minimum Gasteiger partial charge on any atom is -0.377 e. The molecule has 22 heavy (non-hydrogen) atoms. The number of imidazole rings is 1. The molecule has 3 rings (SSSR count). The first-order chi connectivity index (χ1) is 10.7. The standard InChI is InChI=1S/C16H20N4O2/c1-12-9-18-16(19-12)14-11-22-8-7-20(14)15(21)5-4-13-3-2-6-17-10-13/h2-3,6,9-10,14H,4-5,7-8,11H2,1H3,(H,18,19)/t14-/m0/s1. The molecule has 0 bridgehead atoms. The Bertz CT molecular complexity index is 626. The highest BCUT2D eigenvalue weighted by atomic mass is 16.5. The number of amides is 1. The Morgan fingerprint density at radius 2 is 2.41 bits per heavy atom. The minimum atomic E-state index is -0.121. The van der Waals surface area contributed by atoms with Crippen LogP contribution < -0.4 is 0 Å². The van der Waals surface area contributed by atoms with Crippen molar-refractivity contribution in [3.05, 3.63) is 47.8 Å². The van der Waals surface area contributed by atoms with E-state index in [0.717, 1.165) is 17.1 Å². The minimum absolute atomic E-state index is 0.121. The van der Waals surface area contributed by atoms with Crippen molar-refractivity contribution >= 4 is 5.91 Å². The lowest BCUT2D eigenvalue weighted by molar-refractivity contribution is -0.140. The molecule has 1 amide bonds. The molecule has 1 fully saturated rings. The summed E-state index contributed by atoms with van der Waals surface area (Å²) in [5, 5.41) is 0. The molecule has 0 aliphatic carbocycles. The monoisotopic (exact) mass is 300 g/mol. The number of pyridine rings is 1. The average Bonchev–Trinajstić information content (AvgIpc) is 3.00. The third-order valence-electron chi connectivity index (χ3n) is 3.84. The summed E-state index contributed by atoms with van der Waals surface area (Å²) in [5.41, 5.74) is 2.07. The summed E-state index contributed by atoms with van der Waals surface area (Å²) >= 11 is 0. The zero-order valence-corrected chi connectivity index (χ0v) is 12.7. The number of carbonyl (C=O) groups is 1. The highest BCUT2D eigenvalue weighted by Gasteiger charge is 2.30. The summed E-state index contributed by atoms with van der Waals surface area (Å²) in [6, 6.07) is 3.76. The molecule has 3 heterocycles. The van der Waals surface area contributed by atoms with E-state index in [9.17, 15) is 4.79 Å². The maximum Gasteiger partial charge on any atom is 0.223 e. The Morgan fingerprint density at radius 1 is 1.50 bits per heavy atom. The fourth-order valence-corrected chi connectivity index (χ4v) is 2.67. The second kappa shape index (κ2) is 6.70. The Balaban J connectivity index is 1.66. The van der Waals surface area contributed by atoms with Crippen LogP contribution in [0.2, 0.25) is 0 Å². The van der Waals surface area contributed by atoms with Crippen LogP contribution >= 0.6 is 0 Å². The van der Waals surface area contributed by atoms with Gasteiger partial charge in [0.2, 0.25) is 5.91 Å². The van der Waals surface area contributed by atoms with E-state index in [4.69, 9.17) is 4.74 Å². The third kappa shape index (κ3) is 3.33. The molecule has 6 heteroatoms. The van der Waals surface area contributed by atoms with Gasteiger partial charge < -0.3 is 14.6 Å². The van der Waals surface area contributed by atoms with E-state index in [0.29, 0.717) is 32.6 Å². The van der Waals surface area contributed by atoms with Crippen LogP contribution in [-0.2, 0) is 16.0 Å². The van der Waals surface area contributed by atoms with E-state index < -0.39 is 0 Å².